The zero-order valence-corrected chi connectivity index (χ0v) is 15.5. The van der Waals surface area contributed by atoms with E-state index in [4.69, 9.17) is 21.5 Å². The fourth-order valence-electron chi connectivity index (χ4n) is 3.32. The van der Waals surface area contributed by atoms with Gasteiger partial charge in [0.05, 0.1) is 11.3 Å². The molecule has 0 unspecified atom stereocenters. The summed E-state index contributed by atoms with van der Waals surface area (Å²) in [4.78, 5) is 26.3. The molecule has 2 saturated heterocycles. The first-order valence-corrected chi connectivity index (χ1v) is 10.2. The fraction of sp³-hybridized carbons (Fsp3) is 0.500. The van der Waals surface area contributed by atoms with E-state index in [1.807, 2.05) is 0 Å². The van der Waals surface area contributed by atoms with Gasteiger partial charge in [0, 0.05) is 18.1 Å². The summed E-state index contributed by atoms with van der Waals surface area (Å²) in [6.07, 6.45) is -0.362. The molecular weight excluding hydrogens is 382 g/mol. The largest absolute Gasteiger partial charge is 0.356 e. The van der Waals surface area contributed by atoms with Crippen LogP contribution in [0, 0.1) is 0 Å². The van der Waals surface area contributed by atoms with Crippen LogP contribution in [0.1, 0.15) is 24.4 Å². The molecule has 2 atom stereocenters. The molecule has 10 heteroatoms. The lowest BCUT2D eigenvalue weighted by molar-refractivity contribution is -0.155. The summed E-state index contributed by atoms with van der Waals surface area (Å²) in [7, 11) is -3.61. The third-order valence-corrected chi connectivity index (χ3v) is 6.46. The number of amides is 2. The van der Waals surface area contributed by atoms with Crippen LogP contribution in [0.25, 0.3) is 0 Å². The number of halogens is 1. The molecule has 2 heterocycles. The van der Waals surface area contributed by atoms with Gasteiger partial charge in [-0.25, -0.2) is 13.6 Å². The molecule has 0 radical (unpaired) electrons. The number of benzene rings is 1. The van der Waals surface area contributed by atoms with E-state index in [1.165, 1.54) is 0 Å². The van der Waals surface area contributed by atoms with E-state index in [9.17, 15) is 18.0 Å². The van der Waals surface area contributed by atoms with E-state index in [2.05, 4.69) is 5.32 Å². The molecule has 2 aliphatic heterocycles. The van der Waals surface area contributed by atoms with Crippen molar-refractivity contribution in [1.82, 2.24) is 10.2 Å². The van der Waals surface area contributed by atoms with Gasteiger partial charge >= 0.3 is 0 Å². The maximum atomic E-state index is 12.9. The number of hydrogen-bond acceptors (Lipinski definition) is 5. The molecule has 0 bridgehead atoms. The standard InChI is InChI=1S/C16H20ClN3O5S/c17-12-4-2-1-3-11(12)14-15(25-9-13(21)19-14)16(22)20-7-5-10(6-8-20)26(18,23)24/h1-4,10,14-15H,5-9H2,(H,19,21)(H2,18,23,24)/t14-,15+/m1/s1. The van der Waals surface area contributed by atoms with Crippen LogP contribution in [0.5, 0.6) is 0 Å². The maximum Gasteiger partial charge on any atom is 0.254 e. The van der Waals surface area contributed by atoms with Crippen molar-refractivity contribution >= 4 is 33.4 Å². The number of morpholine rings is 1. The summed E-state index contributed by atoms with van der Waals surface area (Å²) in [5.41, 5.74) is 0.597. The van der Waals surface area contributed by atoms with Crippen LogP contribution < -0.4 is 10.5 Å². The number of rotatable bonds is 3. The summed E-state index contributed by atoms with van der Waals surface area (Å²) >= 11 is 6.22. The van der Waals surface area contributed by atoms with Crippen LogP contribution in [0.4, 0.5) is 0 Å². The molecule has 142 valence electrons. The third kappa shape index (κ3) is 4.01. The van der Waals surface area contributed by atoms with Crippen molar-refractivity contribution in [3.8, 4) is 0 Å². The van der Waals surface area contributed by atoms with Crippen molar-refractivity contribution in [3.63, 3.8) is 0 Å². The second-order valence-electron chi connectivity index (χ2n) is 6.41. The smallest absolute Gasteiger partial charge is 0.254 e. The third-order valence-electron chi connectivity index (χ3n) is 4.72. The van der Waals surface area contributed by atoms with Gasteiger partial charge in [-0.15, -0.1) is 0 Å². The second-order valence-corrected chi connectivity index (χ2v) is 8.66. The quantitative estimate of drug-likeness (QED) is 0.748. The van der Waals surface area contributed by atoms with Gasteiger partial charge in [0.2, 0.25) is 15.9 Å². The molecule has 3 N–H and O–H groups in total. The van der Waals surface area contributed by atoms with Crippen LogP contribution in [0.2, 0.25) is 5.02 Å². The number of carbonyl (C=O) groups excluding carboxylic acids is 2. The number of nitrogens with two attached hydrogens (primary N) is 1. The highest BCUT2D eigenvalue weighted by Crippen LogP contribution is 2.30. The predicted octanol–water partition coefficient (Wildman–Crippen LogP) is 0.176. The number of sulfonamides is 1. The highest BCUT2D eigenvalue weighted by molar-refractivity contribution is 7.89. The van der Waals surface area contributed by atoms with Crippen LogP contribution in [0.15, 0.2) is 24.3 Å². The lowest BCUT2D eigenvalue weighted by Crippen LogP contribution is -2.55. The fourth-order valence-corrected chi connectivity index (χ4v) is 4.44. The van der Waals surface area contributed by atoms with Gasteiger partial charge in [-0.3, -0.25) is 9.59 Å². The Morgan fingerprint density at radius 2 is 1.92 bits per heavy atom. The zero-order chi connectivity index (χ0) is 18.9. The van der Waals surface area contributed by atoms with E-state index >= 15 is 0 Å². The van der Waals surface area contributed by atoms with Gasteiger partial charge in [0.25, 0.3) is 5.91 Å². The van der Waals surface area contributed by atoms with Crippen LogP contribution in [-0.2, 0) is 24.3 Å². The molecule has 2 fully saturated rings. The number of nitrogens with zero attached hydrogens (tertiary/aromatic N) is 1. The van der Waals surface area contributed by atoms with E-state index in [0.717, 1.165) is 0 Å². The number of nitrogens with one attached hydrogen (secondary N) is 1. The van der Waals surface area contributed by atoms with E-state index in [-0.39, 0.29) is 44.4 Å². The molecule has 0 spiro atoms. The Morgan fingerprint density at radius 3 is 2.54 bits per heavy atom. The number of likely N-dealkylation sites (tertiary alicyclic amines) is 1. The number of ether oxygens (including phenoxy) is 1. The van der Waals surface area contributed by atoms with Gasteiger partial charge in [-0.1, -0.05) is 29.8 Å². The van der Waals surface area contributed by atoms with E-state index in [1.54, 1.807) is 29.2 Å². The van der Waals surface area contributed by atoms with Gasteiger partial charge in [0.15, 0.2) is 6.10 Å². The zero-order valence-electron chi connectivity index (χ0n) is 13.9. The molecule has 3 rings (SSSR count). The number of primary sulfonamides is 1. The summed E-state index contributed by atoms with van der Waals surface area (Å²) in [6.45, 7) is 0.316. The van der Waals surface area contributed by atoms with Crippen LogP contribution in [0.3, 0.4) is 0 Å². The number of carbonyl (C=O) groups is 2. The molecule has 2 amide bonds. The lowest BCUT2D eigenvalue weighted by Gasteiger charge is -2.37. The molecule has 0 aliphatic carbocycles. The average molecular weight is 402 g/mol. The molecule has 1 aromatic carbocycles. The van der Waals surface area contributed by atoms with Gasteiger partial charge < -0.3 is 15.0 Å². The van der Waals surface area contributed by atoms with E-state index in [0.29, 0.717) is 10.6 Å². The Balaban J connectivity index is 1.77. The Kier molecular flexibility index (Phi) is 5.52. The maximum absolute atomic E-state index is 12.9. The van der Waals surface area contributed by atoms with Crippen molar-refractivity contribution in [2.75, 3.05) is 19.7 Å². The molecule has 0 aromatic heterocycles. The normalized spacial score (nSPS) is 25.0. The average Bonchev–Trinajstić information content (AvgIpc) is 2.61. The highest BCUT2D eigenvalue weighted by atomic mass is 35.5. The second kappa shape index (κ2) is 7.51. The van der Waals surface area contributed by atoms with Crippen LogP contribution >= 0.6 is 11.6 Å². The molecular formula is C16H20ClN3O5S. The first-order chi connectivity index (χ1) is 12.3. The van der Waals surface area contributed by atoms with Crippen molar-refractivity contribution < 1.29 is 22.7 Å². The minimum atomic E-state index is -3.61. The Hall–Kier alpha value is -1.68. The molecule has 8 nitrogen and oxygen atoms in total. The Labute approximate surface area is 156 Å². The summed E-state index contributed by atoms with van der Waals surface area (Å²) in [5, 5.41) is 7.74. The molecule has 2 aliphatic rings. The summed E-state index contributed by atoms with van der Waals surface area (Å²) in [6, 6.07) is 6.23. The number of hydrogen-bond donors (Lipinski definition) is 2. The van der Waals surface area contributed by atoms with E-state index < -0.39 is 27.4 Å². The molecule has 1 aromatic rings. The Morgan fingerprint density at radius 1 is 1.27 bits per heavy atom. The van der Waals surface area contributed by atoms with Crippen molar-refractivity contribution in [2.45, 2.75) is 30.2 Å². The van der Waals surface area contributed by atoms with Crippen molar-refractivity contribution in [3.05, 3.63) is 34.9 Å². The number of piperidine rings is 1. The van der Waals surface area contributed by atoms with Gasteiger partial charge in [-0.2, -0.15) is 0 Å². The molecule has 0 saturated carbocycles. The minimum absolute atomic E-state index is 0.217. The van der Waals surface area contributed by atoms with Gasteiger partial charge in [0.1, 0.15) is 6.61 Å². The topological polar surface area (TPSA) is 119 Å². The van der Waals surface area contributed by atoms with Crippen molar-refractivity contribution in [2.24, 2.45) is 5.14 Å². The highest BCUT2D eigenvalue weighted by Gasteiger charge is 2.40. The lowest BCUT2D eigenvalue weighted by atomic mass is 9.98. The summed E-state index contributed by atoms with van der Waals surface area (Å²) < 4.78 is 28.4. The minimum Gasteiger partial charge on any atom is -0.356 e. The first kappa shape index (κ1) is 19.1. The van der Waals surface area contributed by atoms with Crippen LogP contribution in [-0.4, -0.2) is 56.2 Å². The summed E-state index contributed by atoms with van der Waals surface area (Å²) in [5.74, 6) is -0.630. The van der Waals surface area contributed by atoms with Gasteiger partial charge in [-0.05, 0) is 24.5 Å². The molecule has 26 heavy (non-hydrogen) atoms. The monoisotopic (exact) mass is 401 g/mol. The predicted molar refractivity (Wildman–Crippen MR) is 94.8 cm³/mol. The SMILES string of the molecule is NS(=O)(=O)C1CCN(C(=O)[C@H]2OCC(=O)N[C@@H]2c2ccccc2Cl)CC1. The van der Waals surface area contributed by atoms with Crippen molar-refractivity contribution in [1.29, 1.82) is 0 Å². The Bertz CT molecular complexity index is 808. The first-order valence-electron chi connectivity index (χ1n) is 8.23.